The van der Waals surface area contributed by atoms with E-state index in [9.17, 15) is 58.2 Å². The molecule has 0 radical (unpaired) electrons. The summed E-state index contributed by atoms with van der Waals surface area (Å²) in [5, 5.41) is 38.0. The highest BCUT2D eigenvalue weighted by Gasteiger charge is 2.41. The van der Waals surface area contributed by atoms with E-state index in [1.807, 2.05) is 0 Å². The van der Waals surface area contributed by atoms with Crippen molar-refractivity contribution in [1.82, 2.24) is 47.0 Å². The van der Waals surface area contributed by atoms with Gasteiger partial charge in [0.25, 0.3) is 0 Å². The molecule has 0 saturated carbocycles. The Labute approximate surface area is 369 Å². The van der Waals surface area contributed by atoms with Crippen molar-refractivity contribution in [2.45, 2.75) is 149 Å². The number of hydrogen-bond acceptors (Lipinski definition) is 12. The third-order valence-corrected chi connectivity index (χ3v) is 11.2. The second-order valence-corrected chi connectivity index (χ2v) is 16.6. The molecule has 0 aromatic carbocycles. The molecule has 22 heteroatoms. The van der Waals surface area contributed by atoms with Gasteiger partial charge in [-0.25, -0.2) is 0 Å². The number of carbonyl (C=O) groups is 10. The molecule has 10 atom stereocenters. The summed E-state index contributed by atoms with van der Waals surface area (Å²) < 4.78 is 0. The van der Waals surface area contributed by atoms with Gasteiger partial charge in [0.1, 0.15) is 42.3 Å². The molecule has 11 N–H and O–H groups in total. The van der Waals surface area contributed by atoms with Crippen molar-refractivity contribution in [2.24, 2.45) is 23.5 Å². The summed E-state index contributed by atoms with van der Waals surface area (Å²) in [5.74, 6) is -8.51. The van der Waals surface area contributed by atoms with Crippen molar-refractivity contribution >= 4 is 59.1 Å². The van der Waals surface area contributed by atoms with Crippen LogP contribution < -0.4 is 43.0 Å². The number of rotatable bonds is 26. The van der Waals surface area contributed by atoms with Gasteiger partial charge in [0.05, 0.1) is 25.8 Å². The lowest BCUT2D eigenvalue weighted by molar-refractivity contribution is -0.143. The summed E-state index contributed by atoms with van der Waals surface area (Å²) in [6.45, 7) is 13.3. The lowest BCUT2D eigenvalue weighted by Gasteiger charge is -2.33. The smallest absolute Gasteiger partial charge is 0.246 e. The molecule has 1 saturated heterocycles. The maximum Gasteiger partial charge on any atom is 0.246 e. The number of likely N-dealkylation sites (N-methyl/N-ethyl adjacent to an activating group) is 1. The van der Waals surface area contributed by atoms with Crippen LogP contribution in [0.15, 0.2) is 0 Å². The zero-order valence-corrected chi connectivity index (χ0v) is 38.4. The first-order valence-electron chi connectivity index (χ1n) is 21.6. The van der Waals surface area contributed by atoms with Crippen molar-refractivity contribution in [2.75, 3.05) is 33.3 Å². The van der Waals surface area contributed by atoms with Crippen LogP contribution in [0.25, 0.3) is 0 Å². The Bertz CT molecular complexity index is 1630. The second-order valence-electron chi connectivity index (χ2n) is 16.6. The summed E-state index contributed by atoms with van der Waals surface area (Å²) in [4.78, 5) is 133. The van der Waals surface area contributed by atoms with Gasteiger partial charge in [0.2, 0.25) is 59.1 Å². The third-order valence-electron chi connectivity index (χ3n) is 11.2. The van der Waals surface area contributed by atoms with Crippen molar-refractivity contribution in [3.63, 3.8) is 0 Å². The number of nitrogens with one attached hydrogen (secondary N) is 7. The van der Waals surface area contributed by atoms with E-state index in [2.05, 4.69) is 37.2 Å². The number of amides is 10. The molecule has 10 amide bonds. The van der Waals surface area contributed by atoms with Crippen LogP contribution in [-0.2, 0) is 47.9 Å². The van der Waals surface area contributed by atoms with Gasteiger partial charge in [-0.3, -0.25) is 47.9 Å². The fourth-order valence-corrected chi connectivity index (χ4v) is 6.63. The van der Waals surface area contributed by atoms with Gasteiger partial charge >= 0.3 is 0 Å². The Kier molecular flexibility index (Phi) is 23.8. The summed E-state index contributed by atoms with van der Waals surface area (Å²) >= 11 is 0. The minimum atomic E-state index is -1.61. The van der Waals surface area contributed by atoms with E-state index in [-0.39, 0.29) is 31.8 Å². The van der Waals surface area contributed by atoms with Gasteiger partial charge in [0.15, 0.2) is 0 Å². The van der Waals surface area contributed by atoms with E-state index >= 15 is 0 Å². The average Bonchev–Trinajstić information content (AvgIpc) is 3.72. The molecular formula is C41H72N10O12. The highest BCUT2D eigenvalue weighted by Crippen LogP contribution is 2.22. The van der Waals surface area contributed by atoms with Crippen molar-refractivity contribution in [1.29, 1.82) is 0 Å². The highest BCUT2D eigenvalue weighted by molar-refractivity contribution is 5.98. The molecule has 63 heavy (non-hydrogen) atoms. The maximum atomic E-state index is 14.0. The molecule has 22 nitrogen and oxygen atoms in total. The van der Waals surface area contributed by atoms with Gasteiger partial charge in [-0.15, -0.1) is 0 Å². The minimum absolute atomic E-state index is 0.0941. The number of nitrogens with two attached hydrogens (primary N) is 1. The topological polar surface area (TPSA) is 328 Å². The lowest BCUT2D eigenvalue weighted by atomic mass is 9.95. The Hall–Kier alpha value is -5.38. The quantitative estimate of drug-likeness (QED) is 0.0413. The fraction of sp³-hybridized carbons (Fsp3) is 0.756. The fourth-order valence-electron chi connectivity index (χ4n) is 6.63. The van der Waals surface area contributed by atoms with E-state index in [1.54, 1.807) is 48.5 Å². The SMILES string of the molecule is CCC[C@H](NC(=O)[C@@H](NC(=O)[C@H](NC(=O)[C@@H](NC(=O)CNC(=O)CN(C)C(C)=O)C(C)C)[C@@H](C)CC)[C@@H](C)O)C(=O)N[C@H](C(=O)N1CCC[C@H]1C(=O)N[C@@H](CO)C(N)=O)[C@@H](C)CC. The van der Waals surface area contributed by atoms with Gasteiger partial charge < -0.3 is 63.0 Å². The Morgan fingerprint density at radius 2 is 1.25 bits per heavy atom. The number of hydrogen-bond donors (Lipinski definition) is 10. The van der Waals surface area contributed by atoms with Crippen molar-refractivity contribution in [3.8, 4) is 0 Å². The molecule has 1 fully saturated rings. The molecule has 0 aromatic rings. The van der Waals surface area contributed by atoms with E-state index in [0.29, 0.717) is 25.7 Å². The number of likely N-dealkylation sites (tertiary alicyclic amines) is 1. The van der Waals surface area contributed by atoms with Crippen LogP contribution in [0.3, 0.4) is 0 Å². The zero-order chi connectivity index (χ0) is 48.3. The van der Waals surface area contributed by atoms with Gasteiger partial charge in [-0.2, -0.15) is 0 Å². The van der Waals surface area contributed by atoms with Crippen LogP contribution >= 0.6 is 0 Å². The number of nitrogens with zero attached hydrogens (tertiary/aromatic N) is 2. The van der Waals surface area contributed by atoms with Crippen LogP contribution in [-0.4, -0.2) is 161 Å². The first-order chi connectivity index (χ1) is 29.4. The molecule has 0 unspecified atom stereocenters. The molecule has 0 aromatic heterocycles. The van der Waals surface area contributed by atoms with Crippen LogP contribution in [0.1, 0.15) is 101 Å². The standard InChI is InChI=1S/C41H72N10O12/c1-11-15-26(36(58)48-33(23(7)13-3)41(63)51-17-14-16-28(51)37(59)45-27(20-52)35(42)57)44-40(62)34(24(8)53)49-39(61)32(22(6)12-2)47-38(60)31(21(4)5)46-29(55)18-43-30(56)19-50(10)25(9)54/h21-24,26-28,31-34,52-53H,11-20H2,1-10H3,(H2,42,57)(H,43,56)(H,44,62)(H,45,59)(H,46,55)(H,47,60)(H,48,58)(H,49,61)/t22-,23-,24+,26-,27-,28-,31-,32+,33-,34-/m0/s1. The van der Waals surface area contributed by atoms with E-state index in [4.69, 9.17) is 5.73 Å². The molecule has 358 valence electrons. The predicted molar refractivity (Wildman–Crippen MR) is 229 cm³/mol. The lowest BCUT2D eigenvalue weighted by Crippen LogP contribution is -2.63. The normalized spacial score (nSPS) is 17.9. The Balaban J connectivity index is 3.21. The largest absolute Gasteiger partial charge is 0.394 e. The predicted octanol–water partition coefficient (Wildman–Crippen LogP) is -3.11. The minimum Gasteiger partial charge on any atom is -0.394 e. The number of carbonyl (C=O) groups excluding carboxylic acids is 10. The summed E-state index contributed by atoms with van der Waals surface area (Å²) in [5.41, 5.74) is 5.26. The average molecular weight is 897 g/mol. The summed E-state index contributed by atoms with van der Waals surface area (Å²) in [6.07, 6.45) is 0.534. The molecule has 0 bridgehead atoms. The summed E-state index contributed by atoms with van der Waals surface area (Å²) in [7, 11) is 1.42. The molecule has 1 aliphatic rings. The monoisotopic (exact) mass is 897 g/mol. The zero-order valence-electron chi connectivity index (χ0n) is 38.4. The Morgan fingerprint density at radius 3 is 1.76 bits per heavy atom. The third kappa shape index (κ3) is 17.4. The van der Waals surface area contributed by atoms with E-state index < -0.39 is 132 Å². The molecular weight excluding hydrogens is 825 g/mol. The number of aliphatic hydroxyl groups is 2. The van der Waals surface area contributed by atoms with Crippen LogP contribution in [0.4, 0.5) is 0 Å². The van der Waals surface area contributed by atoms with Gasteiger partial charge in [-0.05, 0) is 43.9 Å². The molecule has 1 rings (SSSR count). The molecule has 0 spiro atoms. The summed E-state index contributed by atoms with van der Waals surface area (Å²) in [6, 6.07) is -8.75. The van der Waals surface area contributed by atoms with Crippen molar-refractivity contribution in [3.05, 3.63) is 0 Å². The van der Waals surface area contributed by atoms with Crippen LogP contribution in [0.5, 0.6) is 0 Å². The van der Waals surface area contributed by atoms with Crippen LogP contribution in [0.2, 0.25) is 0 Å². The van der Waals surface area contributed by atoms with Gasteiger partial charge in [-0.1, -0.05) is 67.7 Å². The second kappa shape index (κ2) is 26.9. The molecule has 1 aliphatic heterocycles. The van der Waals surface area contributed by atoms with Crippen molar-refractivity contribution < 1.29 is 58.2 Å². The molecule has 1 heterocycles. The number of primary amides is 1. The number of aliphatic hydroxyl groups excluding tert-OH is 2. The van der Waals surface area contributed by atoms with Gasteiger partial charge in [0, 0.05) is 20.5 Å². The Morgan fingerprint density at radius 1 is 0.714 bits per heavy atom. The maximum absolute atomic E-state index is 14.0. The first kappa shape index (κ1) is 55.6. The van der Waals surface area contributed by atoms with E-state index in [1.165, 1.54) is 25.8 Å². The highest BCUT2D eigenvalue weighted by atomic mass is 16.3. The first-order valence-corrected chi connectivity index (χ1v) is 21.6. The molecule has 0 aliphatic carbocycles. The van der Waals surface area contributed by atoms with Crippen LogP contribution in [0, 0.1) is 17.8 Å². The van der Waals surface area contributed by atoms with E-state index in [0.717, 1.165) is 4.90 Å².